The van der Waals surface area contributed by atoms with Crippen LogP contribution >= 0.6 is 0 Å². The van der Waals surface area contributed by atoms with E-state index in [0.29, 0.717) is 11.3 Å². The number of aromatic hydroxyl groups is 1. The van der Waals surface area contributed by atoms with Gasteiger partial charge in [0, 0.05) is 6.07 Å². The summed E-state index contributed by atoms with van der Waals surface area (Å²) < 4.78 is 4.84. The second-order valence-electron chi connectivity index (χ2n) is 3.37. The molecule has 0 aliphatic carbocycles. The van der Waals surface area contributed by atoms with E-state index in [9.17, 15) is 4.79 Å². The van der Waals surface area contributed by atoms with E-state index < -0.39 is 5.97 Å². The molecule has 4 nitrogen and oxygen atoms in total. The van der Waals surface area contributed by atoms with Gasteiger partial charge in [0.15, 0.2) is 0 Å². The lowest BCUT2D eigenvalue weighted by atomic mass is 10.2. The number of aromatic carboxylic acids is 1. The fraction of sp³-hybridized carbons (Fsp3) is 0.0714. The largest absolute Gasteiger partial charge is 0.508 e. The number of carbonyl (C=O) groups is 1. The zero-order valence-electron chi connectivity index (χ0n) is 9.91. The van der Waals surface area contributed by atoms with Crippen molar-refractivity contribution in [1.82, 2.24) is 0 Å². The predicted octanol–water partition coefficient (Wildman–Crippen LogP) is 2.79. The van der Waals surface area contributed by atoms with Crippen LogP contribution in [0.15, 0.2) is 54.6 Å². The van der Waals surface area contributed by atoms with Gasteiger partial charge >= 0.3 is 5.97 Å². The Morgan fingerprint density at radius 3 is 2.11 bits per heavy atom. The summed E-state index contributed by atoms with van der Waals surface area (Å²) in [6.07, 6.45) is 0. The molecule has 0 heterocycles. The van der Waals surface area contributed by atoms with E-state index in [2.05, 4.69) is 0 Å². The molecule has 0 radical (unpaired) electrons. The molecule has 0 saturated carbocycles. The van der Waals surface area contributed by atoms with Crippen molar-refractivity contribution < 1.29 is 19.7 Å². The maximum Gasteiger partial charge on any atom is 0.335 e. The Bertz CT molecular complexity index is 494. The molecule has 0 aliphatic heterocycles. The molecular weight excluding hydrogens is 232 g/mol. The average molecular weight is 246 g/mol. The van der Waals surface area contributed by atoms with Crippen molar-refractivity contribution in [3.05, 3.63) is 60.2 Å². The van der Waals surface area contributed by atoms with Crippen LogP contribution in [0, 0.1) is 0 Å². The molecule has 94 valence electrons. The van der Waals surface area contributed by atoms with Crippen LogP contribution in [0.5, 0.6) is 11.5 Å². The topological polar surface area (TPSA) is 66.8 Å². The molecule has 0 bridgehead atoms. The lowest BCUT2D eigenvalue weighted by molar-refractivity contribution is 0.0697. The van der Waals surface area contributed by atoms with Gasteiger partial charge in [-0.25, -0.2) is 4.79 Å². The second kappa shape index (κ2) is 6.96. The van der Waals surface area contributed by atoms with Crippen LogP contribution in [0.4, 0.5) is 0 Å². The Balaban J connectivity index is 0.000000180. The van der Waals surface area contributed by atoms with Crippen molar-refractivity contribution in [3.8, 4) is 11.5 Å². The van der Waals surface area contributed by atoms with Crippen LogP contribution in [0.2, 0.25) is 0 Å². The van der Waals surface area contributed by atoms with E-state index >= 15 is 0 Å². The third-order valence-corrected chi connectivity index (χ3v) is 2.07. The summed E-state index contributed by atoms with van der Waals surface area (Å²) in [5.41, 5.74) is 0.331. The van der Waals surface area contributed by atoms with Crippen molar-refractivity contribution in [2.75, 3.05) is 7.11 Å². The molecule has 0 amide bonds. The summed E-state index contributed by atoms with van der Waals surface area (Å²) in [6.45, 7) is 0. The first-order valence-corrected chi connectivity index (χ1v) is 5.25. The van der Waals surface area contributed by atoms with E-state index in [1.54, 1.807) is 61.7 Å². The molecule has 0 spiro atoms. The van der Waals surface area contributed by atoms with Gasteiger partial charge in [-0.1, -0.05) is 24.3 Å². The molecule has 2 aromatic rings. The highest BCUT2D eigenvalue weighted by molar-refractivity contribution is 5.87. The van der Waals surface area contributed by atoms with Crippen LogP contribution in [0.25, 0.3) is 0 Å². The first-order chi connectivity index (χ1) is 8.63. The fourth-order valence-electron chi connectivity index (χ4n) is 1.19. The van der Waals surface area contributed by atoms with Gasteiger partial charge in [0.25, 0.3) is 0 Å². The number of methoxy groups -OCH3 is 1. The van der Waals surface area contributed by atoms with Crippen molar-refractivity contribution in [1.29, 1.82) is 0 Å². The molecule has 2 aromatic carbocycles. The quantitative estimate of drug-likeness (QED) is 0.855. The number of carboxylic acid groups (broad SMARTS) is 1. The maximum absolute atomic E-state index is 10.2. The predicted molar refractivity (Wildman–Crippen MR) is 68.1 cm³/mol. The Hall–Kier alpha value is -2.49. The van der Waals surface area contributed by atoms with E-state index in [0.717, 1.165) is 0 Å². The highest BCUT2D eigenvalue weighted by Gasteiger charge is 1.96. The normalized spacial score (nSPS) is 8.94. The second-order valence-corrected chi connectivity index (χ2v) is 3.37. The molecule has 0 saturated heterocycles. The Morgan fingerprint density at radius 2 is 1.72 bits per heavy atom. The number of hydrogen-bond acceptors (Lipinski definition) is 3. The van der Waals surface area contributed by atoms with Gasteiger partial charge in [-0.3, -0.25) is 0 Å². The number of ether oxygens (including phenoxy) is 1. The Kier molecular flexibility index (Phi) is 5.25. The van der Waals surface area contributed by atoms with Crippen LogP contribution in [-0.4, -0.2) is 23.3 Å². The van der Waals surface area contributed by atoms with E-state index in [1.807, 2.05) is 0 Å². The minimum atomic E-state index is -0.879. The van der Waals surface area contributed by atoms with Gasteiger partial charge < -0.3 is 14.9 Å². The summed E-state index contributed by atoms with van der Waals surface area (Å²) in [4.78, 5) is 10.2. The monoisotopic (exact) mass is 246 g/mol. The molecule has 0 atom stereocenters. The summed E-state index contributed by atoms with van der Waals surface area (Å²) in [7, 11) is 1.56. The molecule has 2 rings (SSSR count). The highest BCUT2D eigenvalue weighted by Crippen LogP contribution is 2.16. The van der Waals surface area contributed by atoms with Crippen LogP contribution in [0.1, 0.15) is 10.4 Å². The summed E-state index contributed by atoms with van der Waals surface area (Å²) >= 11 is 0. The maximum atomic E-state index is 10.2. The first kappa shape index (κ1) is 13.6. The lowest BCUT2D eigenvalue weighted by Crippen LogP contribution is -1.93. The van der Waals surface area contributed by atoms with E-state index in [1.165, 1.54) is 0 Å². The minimum Gasteiger partial charge on any atom is -0.508 e. The molecule has 4 heteroatoms. The number of hydrogen-bond donors (Lipinski definition) is 2. The smallest absolute Gasteiger partial charge is 0.335 e. The number of phenolic OH excluding ortho intramolecular Hbond substituents is 1. The molecule has 0 fully saturated rings. The van der Waals surface area contributed by atoms with Crippen molar-refractivity contribution >= 4 is 5.97 Å². The summed E-state index contributed by atoms with van der Waals surface area (Å²) in [6, 6.07) is 15.0. The molecule has 0 aliphatic rings. The van der Waals surface area contributed by atoms with Gasteiger partial charge in [0.2, 0.25) is 0 Å². The fourth-order valence-corrected chi connectivity index (χ4v) is 1.19. The Morgan fingerprint density at radius 1 is 1.06 bits per heavy atom. The first-order valence-electron chi connectivity index (χ1n) is 5.25. The average Bonchev–Trinajstić information content (AvgIpc) is 2.40. The van der Waals surface area contributed by atoms with Crippen LogP contribution in [0.3, 0.4) is 0 Å². The third kappa shape index (κ3) is 4.57. The number of benzene rings is 2. The lowest BCUT2D eigenvalue weighted by Gasteiger charge is -1.97. The van der Waals surface area contributed by atoms with Gasteiger partial charge in [0.1, 0.15) is 11.5 Å². The van der Waals surface area contributed by atoms with Gasteiger partial charge in [-0.15, -0.1) is 0 Å². The van der Waals surface area contributed by atoms with E-state index in [4.69, 9.17) is 14.9 Å². The molecular formula is C14H14O4. The zero-order chi connectivity index (χ0) is 13.4. The SMILES string of the molecule is COc1cccc(O)c1.O=C(O)c1ccccc1. The Labute approximate surface area is 105 Å². The summed E-state index contributed by atoms with van der Waals surface area (Å²) in [5.74, 6) is 0.0277. The van der Waals surface area contributed by atoms with Gasteiger partial charge in [0.05, 0.1) is 12.7 Å². The van der Waals surface area contributed by atoms with Crippen LogP contribution in [-0.2, 0) is 0 Å². The zero-order valence-corrected chi connectivity index (χ0v) is 9.91. The van der Waals surface area contributed by atoms with E-state index in [-0.39, 0.29) is 5.75 Å². The summed E-state index contributed by atoms with van der Waals surface area (Å²) in [5, 5.41) is 17.2. The number of carboxylic acids is 1. The minimum absolute atomic E-state index is 0.231. The molecule has 18 heavy (non-hydrogen) atoms. The molecule has 2 N–H and O–H groups in total. The third-order valence-electron chi connectivity index (χ3n) is 2.07. The number of rotatable bonds is 2. The van der Waals surface area contributed by atoms with Crippen molar-refractivity contribution in [3.63, 3.8) is 0 Å². The van der Waals surface area contributed by atoms with Gasteiger partial charge in [-0.2, -0.15) is 0 Å². The highest BCUT2D eigenvalue weighted by atomic mass is 16.5. The van der Waals surface area contributed by atoms with Crippen molar-refractivity contribution in [2.24, 2.45) is 0 Å². The standard InChI is InChI=1S/C7H8O2.C7H6O2/c1-9-7-4-2-3-6(8)5-7;8-7(9)6-4-2-1-3-5-6/h2-5,8H,1H3;1-5H,(H,8,9). The molecule has 0 aromatic heterocycles. The van der Waals surface area contributed by atoms with Gasteiger partial charge in [-0.05, 0) is 24.3 Å². The van der Waals surface area contributed by atoms with Crippen molar-refractivity contribution in [2.45, 2.75) is 0 Å². The number of phenols is 1. The van der Waals surface area contributed by atoms with Crippen LogP contribution < -0.4 is 4.74 Å². The molecule has 0 unspecified atom stereocenters.